The van der Waals surface area contributed by atoms with Crippen molar-refractivity contribution in [1.82, 2.24) is 0 Å². The molecule has 1 unspecified atom stereocenters. The van der Waals surface area contributed by atoms with Gasteiger partial charge in [0, 0.05) is 25.4 Å². The molecule has 0 fully saturated rings. The van der Waals surface area contributed by atoms with E-state index in [2.05, 4.69) is 5.32 Å². The Kier molecular flexibility index (Phi) is 4.75. The number of hydrogen-bond acceptors (Lipinski definition) is 4. The zero-order valence-electron chi connectivity index (χ0n) is 9.40. The van der Waals surface area contributed by atoms with Gasteiger partial charge in [-0.1, -0.05) is 6.07 Å². The molecule has 0 saturated carbocycles. The minimum Gasteiger partial charge on any atom is -0.497 e. The van der Waals surface area contributed by atoms with E-state index in [0.29, 0.717) is 11.4 Å². The average Bonchev–Trinajstić information content (AvgIpc) is 2.31. The van der Waals surface area contributed by atoms with Gasteiger partial charge in [0.05, 0.1) is 7.11 Å². The summed E-state index contributed by atoms with van der Waals surface area (Å²) in [6.07, 6.45) is -0.633. The maximum atomic E-state index is 11.6. The maximum absolute atomic E-state index is 11.6. The Bertz CT molecular complexity index is 351. The molecule has 0 heterocycles. The van der Waals surface area contributed by atoms with Gasteiger partial charge in [-0.2, -0.15) is 0 Å². The highest BCUT2D eigenvalue weighted by Gasteiger charge is 2.15. The van der Waals surface area contributed by atoms with Gasteiger partial charge in [-0.05, 0) is 12.1 Å². The van der Waals surface area contributed by atoms with Gasteiger partial charge in [-0.3, -0.25) is 4.79 Å². The Morgan fingerprint density at radius 3 is 2.81 bits per heavy atom. The molecule has 16 heavy (non-hydrogen) atoms. The lowest BCUT2D eigenvalue weighted by Gasteiger charge is -2.13. The molecule has 0 bridgehead atoms. The van der Waals surface area contributed by atoms with Gasteiger partial charge >= 0.3 is 0 Å². The van der Waals surface area contributed by atoms with Crippen LogP contribution in [0.1, 0.15) is 0 Å². The lowest BCUT2D eigenvalue weighted by atomic mass is 10.2. The Morgan fingerprint density at radius 2 is 2.25 bits per heavy atom. The number of benzene rings is 1. The van der Waals surface area contributed by atoms with Crippen LogP contribution in [-0.4, -0.2) is 32.8 Å². The van der Waals surface area contributed by atoms with Crippen molar-refractivity contribution < 1.29 is 14.3 Å². The minimum absolute atomic E-state index is 0.145. The highest BCUT2D eigenvalue weighted by atomic mass is 16.5. The SMILES string of the molecule is COc1cccc(NC(=O)C(CN)OC)c1. The maximum Gasteiger partial charge on any atom is 0.254 e. The molecule has 0 saturated heterocycles. The lowest BCUT2D eigenvalue weighted by Crippen LogP contribution is -2.35. The molecule has 5 heteroatoms. The van der Waals surface area contributed by atoms with Gasteiger partial charge in [0.2, 0.25) is 0 Å². The summed E-state index contributed by atoms with van der Waals surface area (Å²) in [5, 5.41) is 2.69. The summed E-state index contributed by atoms with van der Waals surface area (Å²) in [5.74, 6) is 0.415. The summed E-state index contributed by atoms with van der Waals surface area (Å²) < 4.78 is 9.96. The molecule has 5 nitrogen and oxygen atoms in total. The predicted molar refractivity (Wildman–Crippen MR) is 61.5 cm³/mol. The van der Waals surface area contributed by atoms with Crippen LogP contribution in [0.5, 0.6) is 5.75 Å². The average molecular weight is 224 g/mol. The molecule has 0 aliphatic heterocycles. The second-order valence-electron chi connectivity index (χ2n) is 3.18. The molecular formula is C11H16N2O3. The summed E-state index contributed by atoms with van der Waals surface area (Å²) >= 11 is 0. The van der Waals surface area contributed by atoms with E-state index in [4.69, 9.17) is 15.2 Å². The van der Waals surface area contributed by atoms with Crippen molar-refractivity contribution >= 4 is 11.6 Å². The second kappa shape index (κ2) is 6.09. The van der Waals surface area contributed by atoms with Gasteiger partial charge in [0.1, 0.15) is 11.9 Å². The highest BCUT2D eigenvalue weighted by Crippen LogP contribution is 2.16. The van der Waals surface area contributed by atoms with Crippen molar-refractivity contribution in [3.05, 3.63) is 24.3 Å². The molecule has 0 aliphatic carbocycles. The van der Waals surface area contributed by atoms with Crippen LogP contribution in [-0.2, 0) is 9.53 Å². The van der Waals surface area contributed by atoms with Gasteiger partial charge in [0.25, 0.3) is 5.91 Å². The van der Waals surface area contributed by atoms with Crippen LogP contribution in [0.25, 0.3) is 0 Å². The Balaban J connectivity index is 2.68. The quantitative estimate of drug-likeness (QED) is 0.768. The van der Waals surface area contributed by atoms with Gasteiger partial charge in [-0.15, -0.1) is 0 Å². The summed E-state index contributed by atoms with van der Waals surface area (Å²) in [6, 6.07) is 7.08. The fourth-order valence-electron chi connectivity index (χ4n) is 1.23. The number of anilines is 1. The first-order chi connectivity index (χ1) is 7.71. The van der Waals surface area contributed by atoms with Crippen LogP contribution in [0.15, 0.2) is 24.3 Å². The van der Waals surface area contributed by atoms with Crippen molar-refractivity contribution in [2.75, 3.05) is 26.1 Å². The molecule has 1 aromatic rings. The molecule has 3 N–H and O–H groups in total. The monoisotopic (exact) mass is 224 g/mol. The Hall–Kier alpha value is -1.59. The molecule has 0 aromatic heterocycles. The van der Waals surface area contributed by atoms with E-state index in [-0.39, 0.29) is 12.5 Å². The largest absolute Gasteiger partial charge is 0.497 e. The molecule has 1 atom stereocenters. The minimum atomic E-state index is -0.633. The Morgan fingerprint density at radius 1 is 1.50 bits per heavy atom. The zero-order valence-corrected chi connectivity index (χ0v) is 9.40. The molecule has 0 aliphatic rings. The predicted octanol–water partition coefficient (Wildman–Crippen LogP) is 0.607. The standard InChI is InChI=1S/C11H16N2O3/c1-15-9-5-3-4-8(6-9)13-11(14)10(7-12)16-2/h3-6,10H,7,12H2,1-2H3,(H,13,14). The van der Waals surface area contributed by atoms with E-state index in [9.17, 15) is 4.79 Å². The summed E-state index contributed by atoms with van der Waals surface area (Å²) in [4.78, 5) is 11.6. The number of carbonyl (C=O) groups excluding carboxylic acids is 1. The number of carbonyl (C=O) groups is 1. The fraction of sp³-hybridized carbons (Fsp3) is 0.364. The van der Waals surface area contributed by atoms with E-state index in [1.165, 1.54) is 7.11 Å². The van der Waals surface area contributed by atoms with Gasteiger partial charge < -0.3 is 20.5 Å². The topological polar surface area (TPSA) is 73.6 Å². The van der Waals surface area contributed by atoms with Crippen molar-refractivity contribution in [2.45, 2.75) is 6.10 Å². The lowest BCUT2D eigenvalue weighted by molar-refractivity contribution is -0.125. The number of ether oxygens (including phenoxy) is 2. The van der Waals surface area contributed by atoms with E-state index in [0.717, 1.165) is 0 Å². The first kappa shape index (κ1) is 12.5. The third-order valence-corrected chi connectivity index (χ3v) is 2.13. The molecule has 1 rings (SSSR count). The molecule has 88 valence electrons. The van der Waals surface area contributed by atoms with E-state index in [1.807, 2.05) is 0 Å². The molecule has 0 radical (unpaired) electrons. The van der Waals surface area contributed by atoms with Crippen LogP contribution in [0, 0.1) is 0 Å². The first-order valence-corrected chi connectivity index (χ1v) is 4.89. The van der Waals surface area contributed by atoms with Crippen LogP contribution in [0.4, 0.5) is 5.69 Å². The fourth-order valence-corrected chi connectivity index (χ4v) is 1.23. The van der Waals surface area contributed by atoms with E-state index in [1.54, 1.807) is 31.4 Å². The van der Waals surface area contributed by atoms with Crippen molar-refractivity contribution in [3.8, 4) is 5.75 Å². The number of nitrogens with one attached hydrogen (secondary N) is 1. The summed E-state index contributed by atoms with van der Waals surface area (Å²) in [6.45, 7) is 0.145. The van der Waals surface area contributed by atoms with Crippen LogP contribution >= 0.6 is 0 Å². The third-order valence-electron chi connectivity index (χ3n) is 2.13. The first-order valence-electron chi connectivity index (χ1n) is 4.89. The highest BCUT2D eigenvalue weighted by molar-refractivity contribution is 5.94. The van der Waals surface area contributed by atoms with Crippen LogP contribution in [0.3, 0.4) is 0 Å². The molecule has 0 spiro atoms. The molecule has 1 aromatic carbocycles. The zero-order chi connectivity index (χ0) is 12.0. The van der Waals surface area contributed by atoms with E-state index < -0.39 is 6.10 Å². The van der Waals surface area contributed by atoms with Crippen molar-refractivity contribution in [1.29, 1.82) is 0 Å². The number of nitrogens with two attached hydrogens (primary N) is 1. The number of methoxy groups -OCH3 is 2. The third kappa shape index (κ3) is 3.22. The van der Waals surface area contributed by atoms with Crippen molar-refractivity contribution in [2.24, 2.45) is 5.73 Å². The number of amides is 1. The van der Waals surface area contributed by atoms with Gasteiger partial charge in [-0.25, -0.2) is 0 Å². The van der Waals surface area contributed by atoms with Crippen molar-refractivity contribution in [3.63, 3.8) is 0 Å². The van der Waals surface area contributed by atoms with Crippen LogP contribution in [0.2, 0.25) is 0 Å². The van der Waals surface area contributed by atoms with Crippen LogP contribution < -0.4 is 15.8 Å². The normalized spacial score (nSPS) is 11.9. The molecular weight excluding hydrogens is 208 g/mol. The number of hydrogen-bond donors (Lipinski definition) is 2. The summed E-state index contributed by atoms with van der Waals surface area (Å²) in [5.41, 5.74) is 6.04. The molecule has 1 amide bonds. The van der Waals surface area contributed by atoms with Gasteiger partial charge in [0.15, 0.2) is 0 Å². The second-order valence-corrected chi connectivity index (χ2v) is 3.18. The van der Waals surface area contributed by atoms with E-state index >= 15 is 0 Å². The Labute approximate surface area is 94.5 Å². The number of rotatable bonds is 5. The smallest absolute Gasteiger partial charge is 0.254 e. The summed E-state index contributed by atoms with van der Waals surface area (Å²) in [7, 11) is 3.02.